The summed E-state index contributed by atoms with van der Waals surface area (Å²) in [4.78, 5) is 22.4. The van der Waals surface area contributed by atoms with Gasteiger partial charge in [0.1, 0.15) is 12.2 Å². The van der Waals surface area contributed by atoms with Gasteiger partial charge < -0.3 is 16.0 Å². The molecule has 1 unspecified atom stereocenters. The van der Waals surface area contributed by atoms with Crippen molar-refractivity contribution < 1.29 is 6.22 Å². The second-order valence-electron chi connectivity index (χ2n) is 6.52. The molecule has 6 nitrogen and oxygen atoms in total. The first-order chi connectivity index (χ1) is 11.4. The summed E-state index contributed by atoms with van der Waals surface area (Å²) in [5.41, 5.74) is 8.52. The number of amidine groups is 1. The Bertz CT molecular complexity index is 659. The minimum Gasteiger partial charge on any atom is -0.383 e. The first-order valence-electron chi connectivity index (χ1n) is 8.35. The molecule has 1 heterocycles. The third kappa shape index (κ3) is 4.34. The van der Waals surface area contributed by atoms with Gasteiger partial charge in [0.25, 0.3) is 0 Å². The molecule has 3 N–H and O–H groups in total. The number of nitrogens with zero attached hydrogens (tertiary/aromatic N) is 3. The number of benzene rings is 1. The maximum atomic E-state index is 12.6. The number of aryl methyl sites for hydroxylation is 1. The summed E-state index contributed by atoms with van der Waals surface area (Å²) in [6, 6.07) is 5.86. The molecule has 1 aliphatic rings. The van der Waals surface area contributed by atoms with Crippen LogP contribution in [0.5, 0.6) is 0 Å². The van der Waals surface area contributed by atoms with Crippen LogP contribution in [-0.2, 0) is 0 Å². The average molecular weight is 331 g/mol. The van der Waals surface area contributed by atoms with Gasteiger partial charge in [-0.05, 0) is 50.3 Å². The number of hydrogen-bond donors (Lipinski definition) is 2. The number of carbonyl (C=O) groups is 1. The predicted molar refractivity (Wildman–Crippen MR) is 102 cm³/mol. The van der Waals surface area contributed by atoms with E-state index in [1.807, 2.05) is 30.0 Å². The Morgan fingerprint density at radius 3 is 2.88 bits per heavy atom. The third-order valence-corrected chi connectivity index (χ3v) is 4.48. The molecule has 0 saturated carbocycles. The molecule has 0 aromatic heterocycles. The molecule has 2 rings (SSSR count). The van der Waals surface area contributed by atoms with E-state index in [4.69, 9.17) is 5.73 Å². The van der Waals surface area contributed by atoms with E-state index in [0.717, 1.165) is 36.2 Å². The fraction of sp³-hybridized carbons (Fsp3) is 0.500. The lowest BCUT2D eigenvalue weighted by molar-refractivity contribution is 0.150. The summed E-state index contributed by atoms with van der Waals surface area (Å²) in [5, 5.41) is 2.98. The van der Waals surface area contributed by atoms with E-state index in [9.17, 15) is 4.79 Å². The number of hydrogen-bond acceptors (Lipinski definition) is 2. The highest BCUT2D eigenvalue weighted by molar-refractivity contribution is 6.03. The second-order valence-corrected chi connectivity index (χ2v) is 6.52. The smallest absolute Gasteiger partial charge is 0.322 e. The maximum Gasteiger partial charge on any atom is 0.322 e. The monoisotopic (exact) mass is 331 g/mol. The van der Waals surface area contributed by atoms with Crippen LogP contribution in [0.2, 0.25) is 0 Å². The lowest BCUT2D eigenvalue weighted by atomic mass is 9.94. The Kier molecular flexibility index (Phi) is 5.95. The summed E-state index contributed by atoms with van der Waals surface area (Å²) in [7, 11) is 1.64. The Balaban J connectivity index is 0.00000312. The van der Waals surface area contributed by atoms with Crippen molar-refractivity contribution in [3.63, 3.8) is 0 Å². The zero-order chi connectivity index (χ0) is 17.7. The zero-order valence-electron chi connectivity index (χ0n) is 14.9. The molecule has 2 atom stereocenters. The Morgan fingerprint density at radius 1 is 1.46 bits per heavy atom. The van der Waals surface area contributed by atoms with E-state index >= 15 is 0 Å². The molecule has 24 heavy (non-hydrogen) atoms. The van der Waals surface area contributed by atoms with Crippen molar-refractivity contribution in [1.82, 2.24) is 4.90 Å². The summed E-state index contributed by atoms with van der Waals surface area (Å²) >= 11 is 0. The number of urea groups is 1. The van der Waals surface area contributed by atoms with Crippen molar-refractivity contribution >= 4 is 23.9 Å². The molecule has 0 bridgehead atoms. The van der Waals surface area contributed by atoms with Gasteiger partial charge in [-0.25, -0.2) is 9.79 Å². The Hall–Kier alpha value is -2.37. The number of amides is 2. The van der Waals surface area contributed by atoms with Crippen LogP contribution >= 0.6 is 0 Å². The van der Waals surface area contributed by atoms with Gasteiger partial charge in [0.05, 0.1) is 0 Å². The first kappa shape index (κ1) is 18.0. The molecule has 2 amide bonds. The van der Waals surface area contributed by atoms with Gasteiger partial charge >= 0.3 is 6.03 Å². The van der Waals surface area contributed by atoms with Gasteiger partial charge in [-0.3, -0.25) is 4.99 Å². The number of carbonyl (C=O) groups excluding carboxylic acids is 1. The molecule has 0 spiro atoms. The molecule has 0 radical (unpaired) electrons. The van der Waals surface area contributed by atoms with Crippen LogP contribution in [0, 0.1) is 12.8 Å². The van der Waals surface area contributed by atoms with Crippen LogP contribution in [0.4, 0.5) is 10.5 Å². The number of anilines is 1. The number of likely N-dealkylation sites (tertiary alicyclic amines) is 1. The lowest BCUT2D eigenvalue weighted by Crippen LogP contribution is -2.46. The maximum absolute atomic E-state index is 12.6. The van der Waals surface area contributed by atoms with Crippen molar-refractivity contribution in [2.75, 3.05) is 18.9 Å². The summed E-state index contributed by atoms with van der Waals surface area (Å²) in [6.45, 7) is 7.09. The van der Waals surface area contributed by atoms with Crippen molar-refractivity contribution in [3.05, 3.63) is 29.3 Å². The molecule has 1 aliphatic heterocycles. The number of rotatable bonds is 3. The van der Waals surface area contributed by atoms with Crippen LogP contribution in [0.3, 0.4) is 0 Å². The molecular formula is C18H29N5O. The summed E-state index contributed by atoms with van der Waals surface area (Å²) < 4.78 is 0. The van der Waals surface area contributed by atoms with Crippen molar-refractivity contribution in [1.29, 1.82) is 0 Å². The number of nitrogens with one attached hydrogen (secondary N) is 1. The van der Waals surface area contributed by atoms with Crippen molar-refractivity contribution in [2.45, 2.75) is 39.7 Å². The quantitative estimate of drug-likeness (QED) is 0.658. The van der Waals surface area contributed by atoms with E-state index < -0.39 is 0 Å². The van der Waals surface area contributed by atoms with Gasteiger partial charge in [-0.15, -0.1) is 0 Å². The molecule has 1 aromatic carbocycles. The Morgan fingerprint density at radius 2 is 2.21 bits per heavy atom. The zero-order valence-corrected chi connectivity index (χ0v) is 14.9. The molecular weight excluding hydrogens is 302 g/mol. The standard InChI is InChI=1S/C18H27N5O.H2/c1-12-7-8-23(14(3)9-12)18(24)22-15-6-5-13(2)16(10-15)17(19)21-11-20-4;/h5-6,10-12,14H,7-9H2,1-4H3,(H,22,24)(H2,19,20,21);1H/t12?,14-;/m1./s1. The van der Waals surface area contributed by atoms with Crippen LogP contribution in [0.15, 0.2) is 28.2 Å². The number of piperidine rings is 1. The molecule has 132 valence electrons. The van der Waals surface area contributed by atoms with E-state index in [0.29, 0.717) is 11.8 Å². The highest BCUT2D eigenvalue weighted by atomic mass is 16.2. The number of nitrogens with two attached hydrogens (primary N) is 1. The van der Waals surface area contributed by atoms with Gasteiger partial charge in [-0.1, -0.05) is 13.0 Å². The highest BCUT2D eigenvalue weighted by Gasteiger charge is 2.26. The summed E-state index contributed by atoms with van der Waals surface area (Å²) in [6.07, 6.45) is 3.51. The van der Waals surface area contributed by atoms with E-state index in [2.05, 4.69) is 29.1 Å². The molecule has 1 saturated heterocycles. The van der Waals surface area contributed by atoms with Crippen molar-refractivity contribution in [2.24, 2.45) is 21.6 Å². The van der Waals surface area contributed by atoms with E-state index in [1.165, 1.54) is 6.34 Å². The average Bonchev–Trinajstić information content (AvgIpc) is 2.54. The largest absolute Gasteiger partial charge is 0.383 e. The minimum atomic E-state index is -0.0603. The molecule has 1 aromatic rings. The van der Waals surface area contributed by atoms with E-state index in [1.54, 1.807) is 7.05 Å². The summed E-state index contributed by atoms with van der Waals surface area (Å²) in [5.74, 6) is 1.06. The molecule has 1 fully saturated rings. The fourth-order valence-electron chi connectivity index (χ4n) is 3.07. The van der Waals surface area contributed by atoms with Gasteiger partial charge in [0.15, 0.2) is 0 Å². The minimum absolute atomic E-state index is 0. The van der Waals surface area contributed by atoms with Crippen LogP contribution in [0.25, 0.3) is 0 Å². The number of aliphatic imine (C=N–C) groups is 2. The highest BCUT2D eigenvalue weighted by Crippen LogP contribution is 2.23. The van der Waals surface area contributed by atoms with E-state index in [-0.39, 0.29) is 13.5 Å². The van der Waals surface area contributed by atoms with Crippen LogP contribution in [-0.4, -0.2) is 42.7 Å². The third-order valence-electron chi connectivity index (χ3n) is 4.48. The fourth-order valence-corrected chi connectivity index (χ4v) is 3.07. The SMILES string of the molecule is CN=CN=C(N)c1cc(NC(=O)N2CCC(C)C[C@H]2C)ccc1C.[HH]. The van der Waals surface area contributed by atoms with Gasteiger partial charge in [0, 0.05) is 32.3 Å². The van der Waals surface area contributed by atoms with Crippen molar-refractivity contribution in [3.8, 4) is 0 Å². The topological polar surface area (TPSA) is 83.1 Å². The van der Waals surface area contributed by atoms with Crippen LogP contribution in [0.1, 0.15) is 39.2 Å². The Labute approximate surface area is 145 Å². The molecule has 6 heteroatoms. The van der Waals surface area contributed by atoms with Gasteiger partial charge in [-0.2, -0.15) is 0 Å². The lowest BCUT2D eigenvalue weighted by Gasteiger charge is -2.36. The first-order valence-corrected chi connectivity index (χ1v) is 8.35. The molecule has 0 aliphatic carbocycles. The predicted octanol–water partition coefficient (Wildman–Crippen LogP) is 3.26. The van der Waals surface area contributed by atoms with Gasteiger partial charge in [0.2, 0.25) is 0 Å². The normalized spacial score (nSPS) is 22.0. The second kappa shape index (κ2) is 7.95. The van der Waals surface area contributed by atoms with Crippen LogP contribution < -0.4 is 11.1 Å².